The van der Waals surface area contributed by atoms with Crippen molar-refractivity contribution in [3.8, 4) is 0 Å². The lowest BCUT2D eigenvalue weighted by Gasteiger charge is -2.41. The van der Waals surface area contributed by atoms with Crippen molar-refractivity contribution in [3.05, 3.63) is 89.4 Å². The van der Waals surface area contributed by atoms with Gasteiger partial charge in [-0.05, 0) is 59.6 Å². The normalized spacial score (nSPS) is 17.2. The molecule has 1 aliphatic carbocycles. The van der Waals surface area contributed by atoms with Crippen molar-refractivity contribution in [1.82, 2.24) is 15.3 Å². The molecule has 7 heteroatoms. The quantitative estimate of drug-likeness (QED) is 0.336. The van der Waals surface area contributed by atoms with Crippen molar-refractivity contribution >= 4 is 5.82 Å². The van der Waals surface area contributed by atoms with Crippen LogP contribution in [0.2, 0.25) is 0 Å². The first-order valence-corrected chi connectivity index (χ1v) is 13.2. The van der Waals surface area contributed by atoms with Crippen LogP contribution in [-0.4, -0.2) is 33.8 Å². The molecule has 2 atom stereocenters. The van der Waals surface area contributed by atoms with Crippen LogP contribution in [0.5, 0.6) is 0 Å². The molecule has 2 aromatic carbocycles. The van der Waals surface area contributed by atoms with Gasteiger partial charge in [0.2, 0.25) is 0 Å². The van der Waals surface area contributed by atoms with Crippen LogP contribution in [0.4, 0.5) is 14.6 Å². The number of anilines is 1. The number of halogens is 2. The van der Waals surface area contributed by atoms with E-state index in [1.165, 1.54) is 36.0 Å². The monoisotopic (exact) mass is 508 g/mol. The third kappa shape index (κ3) is 7.11. The Morgan fingerprint density at radius 3 is 2.38 bits per heavy atom. The van der Waals surface area contributed by atoms with Gasteiger partial charge in [-0.25, -0.2) is 18.7 Å². The predicted octanol–water partition coefficient (Wildman–Crippen LogP) is 5.89. The van der Waals surface area contributed by atoms with E-state index in [4.69, 9.17) is 0 Å². The third-order valence-electron chi connectivity index (χ3n) is 7.40. The van der Waals surface area contributed by atoms with Crippen LogP contribution in [0.3, 0.4) is 0 Å². The maximum absolute atomic E-state index is 13.9. The lowest BCUT2D eigenvalue weighted by atomic mass is 9.74. The fourth-order valence-electron chi connectivity index (χ4n) is 5.28. The zero-order chi connectivity index (χ0) is 26.5. The highest BCUT2D eigenvalue weighted by Crippen LogP contribution is 2.38. The molecular weight excluding hydrogens is 470 g/mol. The minimum Gasteiger partial charge on any atom is -0.390 e. The van der Waals surface area contributed by atoms with Gasteiger partial charge in [-0.15, -0.1) is 0 Å². The van der Waals surface area contributed by atoms with Crippen LogP contribution in [0, 0.1) is 11.6 Å². The topological polar surface area (TPSA) is 70.1 Å². The second-order valence-corrected chi connectivity index (χ2v) is 11.2. The maximum atomic E-state index is 13.9. The number of nitrogens with zero attached hydrogens (tertiary/aromatic N) is 2. The summed E-state index contributed by atoms with van der Waals surface area (Å²) in [5, 5.41) is 18.4. The second kappa shape index (κ2) is 11.7. The van der Waals surface area contributed by atoms with E-state index in [2.05, 4.69) is 65.6 Å². The zero-order valence-corrected chi connectivity index (χ0v) is 22.0. The molecule has 0 aliphatic heterocycles. The molecule has 0 amide bonds. The number of nitrogens with one attached hydrogen (secondary N) is 2. The number of hydrogen-bond acceptors (Lipinski definition) is 5. The molecule has 5 nitrogen and oxygen atoms in total. The van der Waals surface area contributed by atoms with E-state index in [1.807, 2.05) is 0 Å². The molecule has 1 aliphatic rings. The first-order valence-electron chi connectivity index (χ1n) is 13.2. The number of aliphatic hydroxyl groups excluding tert-OH is 1. The Morgan fingerprint density at radius 1 is 1.00 bits per heavy atom. The van der Waals surface area contributed by atoms with Gasteiger partial charge in [-0.2, -0.15) is 0 Å². The lowest BCUT2D eigenvalue weighted by Crippen LogP contribution is -2.51. The molecule has 198 valence electrons. The number of aliphatic hydroxyl groups is 1. The van der Waals surface area contributed by atoms with E-state index in [1.54, 1.807) is 12.3 Å². The molecule has 1 saturated carbocycles. The molecule has 0 bridgehead atoms. The van der Waals surface area contributed by atoms with Gasteiger partial charge in [-0.1, -0.05) is 64.3 Å². The van der Waals surface area contributed by atoms with Crippen molar-refractivity contribution in [2.24, 2.45) is 0 Å². The summed E-state index contributed by atoms with van der Waals surface area (Å²) in [5.74, 6) is -0.729. The molecule has 2 unspecified atom stereocenters. The molecular formula is C30H38F2N4O. The standard InChI is InChI=1S/C30H38F2N4O/c1-29(2,3)22-8-7-9-23(17-22)30(11-5-4-6-12-30)35-19-27(37)26(36-28-10-13-33-20-34-28)16-21-14-24(31)18-25(32)15-21/h7-10,13-15,17-18,20,26-27,35,37H,4-6,11-12,16,19H2,1-3H3,(H,33,34,36). The van der Waals surface area contributed by atoms with Crippen molar-refractivity contribution in [2.75, 3.05) is 11.9 Å². The molecule has 0 radical (unpaired) electrons. The van der Waals surface area contributed by atoms with Crippen LogP contribution in [-0.2, 0) is 17.4 Å². The third-order valence-corrected chi connectivity index (χ3v) is 7.40. The Morgan fingerprint density at radius 2 is 1.73 bits per heavy atom. The molecule has 1 heterocycles. The first kappa shape index (κ1) is 27.1. The maximum Gasteiger partial charge on any atom is 0.129 e. The Balaban J connectivity index is 1.57. The number of hydrogen-bond donors (Lipinski definition) is 3. The van der Waals surface area contributed by atoms with Gasteiger partial charge in [0.25, 0.3) is 0 Å². The Labute approximate surface area is 218 Å². The number of benzene rings is 2. The van der Waals surface area contributed by atoms with Gasteiger partial charge < -0.3 is 15.7 Å². The summed E-state index contributed by atoms with van der Waals surface area (Å²) >= 11 is 0. The first-order chi connectivity index (χ1) is 17.6. The van der Waals surface area contributed by atoms with E-state index in [0.29, 0.717) is 17.9 Å². The van der Waals surface area contributed by atoms with E-state index < -0.39 is 23.8 Å². The van der Waals surface area contributed by atoms with Crippen molar-refractivity contribution in [1.29, 1.82) is 0 Å². The molecule has 0 saturated heterocycles. The van der Waals surface area contributed by atoms with Crippen LogP contribution >= 0.6 is 0 Å². The van der Waals surface area contributed by atoms with E-state index in [9.17, 15) is 13.9 Å². The van der Waals surface area contributed by atoms with Gasteiger partial charge in [0.05, 0.1) is 12.1 Å². The molecule has 3 aromatic rings. The Kier molecular flexibility index (Phi) is 8.55. The van der Waals surface area contributed by atoms with E-state index in [0.717, 1.165) is 31.7 Å². The summed E-state index contributed by atoms with van der Waals surface area (Å²) in [6, 6.07) is 13.4. The number of rotatable bonds is 9. The Hall–Kier alpha value is -2.90. The fourth-order valence-corrected chi connectivity index (χ4v) is 5.28. The van der Waals surface area contributed by atoms with Gasteiger partial charge in [0, 0.05) is 24.3 Å². The predicted molar refractivity (Wildman–Crippen MR) is 143 cm³/mol. The van der Waals surface area contributed by atoms with E-state index in [-0.39, 0.29) is 17.4 Å². The fraction of sp³-hybridized carbons (Fsp3) is 0.467. The summed E-state index contributed by atoms with van der Waals surface area (Å²) < 4.78 is 27.8. The zero-order valence-electron chi connectivity index (χ0n) is 22.0. The summed E-state index contributed by atoms with van der Waals surface area (Å²) in [6.07, 6.45) is 7.84. The molecule has 3 N–H and O–H groups in total. The second-order valence-electron chi connectivity index (χ2n) is 11.2. The average molecular weight is 509 g/mol. The molecule has 0 spiro atoms. The minimum atomic E-state index is -0.842. The average Bonchev–Trinajstić information content (AvgIpc) is 2.87. The summed E-state index contributed by atoms with van der Waals surface area (Å²) in [4.78, 5) is 8.16. The molecule has 1 aromatic heterocycles. The highest BCUT2D eigenvalue weighted by molar-refractivity contribution is 5.36. The van der Waals surface area contributed by atoms with Gasteiger partial charge in [0.15, 0.2) is 0 Å². The van der Waals surface area contributed by atoms with Crippen LogP contribution in [0.25, 0.3) is 0 Å². The minimum absolute atomic E-state index is 0.0398. The van der Waals surface area contributed by atoms with Crippen molar-refractivity contribution < 1.29 is 13.9 Å². The largest absolute Gasteiger partial charge is 0.390 e. The van der Waals surface area contributed by atoms with Crippen LogP contribution in [0.15, 0.2) is 61.1 Å². The molecule has 37 heavy (non-hydrogen) atoms. The summed E-state index contributed by atoms with van der Waals surface area (Å²) in [5.41, 5.74) is 2.81. The van der Waals surface area contributed by atoms with Crippen LogP contribution in [0.1, 0.15) is 69.6 Å². The van der Waals surface area contributed by atoms with Gasteiger partial charge >= 0.3 is 0 Å². The highest BCUT2D eigenvalue weighted by Gasteiger charge is 2.35. The molecule has 1 fully saturated rings. The van der Waals surface area contributed by atoms with Gasteiger partial charge in [-0.3, -0.25) is 0 Å². The van der Waals surface area contributed by atoms with Crippen molar-refractivity contribution in [2.45, 2.75) is 82.4 Å². The number of aromatic nitrogens is 2. The Bertz CT molecular complexity index is 1140. The highest BCUT2D eigenvalue weighted by atomic mass is 19.1. The SMILES string of the molecule is CC(C)(C)c1cccc(C2(NCC(O)C(Cc3cc(F)cc(F)c3)Nc3ccncn3)CCCCC2)c1. The van der Waals surface area contributed by atoms with Crippen LogP contribution < -0.4 is 10.6 Å². The van der Waals surface area contributed by atoms with Gasteiger partial charge in [0.1, 0.15) is 23.8 Å². The summed E-state index contributed by atoms with van der Waals surface area (Å²) in [7, 11) is 0. The smallest absolute Gasteiger partial charge is 0.129 e. The summed E-state index contributed by atoms with van der Waals surface area (Å²) in [6.45, 7) is 6.97. The molecule has 4 rings (SSSR count). The van der Waals surface area contributed by atoms with E-state index >= 15 is 0 Å². The lowest BCUT2D eigenvalue weighted by molar-refractivity contribution is 0.122. The van der Waals surface area contributed by atoms with Crippen molar-refractivity contribution in [3.63, 3.8) is 0 Å².